The van der Waals surface area contributed by atoms with Crippen molar-refractivity contribution in [2.24, 2.45) is 0 Å². The number of amides is 3. The number of hydrogen-bond donors (Lipinski definition) is 1. The number of urea groups is 1. The molecule has 1 unspecified atom stereocenters. The third-order valence-corrected chi connectivity index (χ3v) is 5.55. The summed E-state index contributed by atoms with van der Waals surface area (Å²) in [7, 11) is 0. The Balaban J connectivity index is 1.46. The molecule has 27 heavy (non-hydrogen) atoms. The van der Waals surface area contributed by atoms with Crippen LogP contribution >= 0.6 is 11.6 Å². The van der Waals surface area contributed by atoms with Gasteiger partial charge in [-0.1, -0.05) is 11.6 Å². The van der Waals surface area contributed by atoms with Gasteiger partial charge in [-0.3, -0.25) is 9.69 Å². The van der Waals surface area contributed by atoms with Crippen molar-refractivity contribution in [3.8, 4) is 0 Å². The summed E-state index contributed by atoms with van der Waals surface area (Å²) in [4.78, 5) is 30.6. The highest BCUT2D eigenvalue weighted by Gasteiger charge is 2.27. The largest absolute Gasteiger partial charge is 0.339 e. The maximum absolute atomic E-state index is 13.8. The van der Waals surface area contributed by atoms with E-state index in [9.17, 15) is 14.0 Å². The Hall–Kier alpha value is -1.86. The zero-order valence-electron chi connectivity index (χ0n) is 15.6. The molecule has 1 atom stereocenters. The average molecular weight is 397 g/mol. The van der Waals surface area contributed by atoms with Gasteiger partial charge < -0.3 is 15.1 Å². The first-order valence-corrected chi connectivity index (χ1v) is 9.84. The molecule has 1 N–H and O–H groups in total. The molecule has 1 aromatic carbocycles. The highest BCUT2D eigenvalue weighted by molar-refractivity contribution is 6.30. The molecule has 2 heterocycles. The Labute approximate surface area is 164 Å². The molecule has 148 valence electrons. The second-order valence-electron chi connectivity index (χ2n) is 7.25. The number of piperidine rings is 1. The van der Waals surface area contributed by atoms with E-state index in [2.05, 4.69) is 17.1 Å². The molecule has 0 bridgehead atoms. The fourth-order valence-electron chi connectivity index (χ4n) is 3.64. The number of carbonyl (C=O) groups is 2. The van der Waals surface area contributed by atoms with E-state index in [4.69, 9.17) is 11.6 Å². The van der Waals surface area contributed by atoms with Crippen molar-refractivity contribution in [3.63, 3.8) is 0 Å². The van der Waals surface area contributed by atoms with Crippen LogP contribution in [0.2, 0.25) is 5.02 Å². The summed E-state index contributed by atoms with van der Waals surface area (Å²) in [6.07, 6.45) is 3.33. The number of rotatable bonds is 3. The Morgan fingerprint density at radius 1 is 1.19 bits per heavy atom. The number of hydrogen-bond acceptors (Lipinski definition) is 3. The molecule has 3 amide bonds. The summed E-state index contributed by atoms with van der Waals surface area (Å²) in [5, 5.41) is 2.86. The Kier molecular flexibility index (Phi) is 6.55. The minimum atomic E-state index is -0.560. The predicted molar refractivity (Wildman–Crippen MR) is 103 cm³/mol. The van der Waals surface area contributed by atoms with Gasteiger partial charge in [0.15, 0.2) is 0 Å². The summed E-state index contributed by atoms with van der Waals surface area (Å²) in [6, 6.07) is 4.12. The number of anilines is 1. The summed E-state index contributed by atoms with van der Waals surface area (Å²) in [5.74, 6) is -0.390. The molecule has 2 aliphatic heterocycles. The van der Waals surface area contributed by atoms with Crippen LogP contribution in [0.1, 0.15) is 26.2 Å². The molecular weight excluding hydrogens is 371 g/mol. The van der Waals surface area contributed by atoms with E-state index >= 15 is 0 Å². The number of halogens is 2. The first-order valence-electron chi connectivity index (χ1n) is 9.47. The van der Waals surface area contributed by atoms with Crippen molar-refractivity contribution in [2.45, 2.75) is 32.2 Å². The fourth-order valence-corrected chi connectivity index (χ4v) is 3.80. The van der Waals surface area contributed by atoms with Crippen molar-refractivity contribution in [1.82, 2.24) is 14.7 Å². The number of nitrogens with one attached hydrogen (secondary N) is 1. The van der Waals surface area contributed by atoms with Crippen LogP contribution in [0.25, 0.3) is 0 Å². The fraction of sp³-hybridized carbons (Fsp3) is 0.579. The van der Waals surface area contributed by atoms with E-state index in [1.54, 1.807) is 4.90 Å². The van der Waals surface area contributed by atoms with Gasteiger partial charge in [-0.2, -0.15) is 0 Å². The average Bonchev–Trinajstić information content (AvgIpc) is 2.65. The number of piperazine rings is 1. The van der Waals surface area contributed by atoms with Crippen LogP contribution < -0.4 is 5.32 Å². The SMILES string of the molecule is CC1CCCCN1C(=O)CN1CCN(C(=O)Nc2ccc(Cl)cc2F)CC1. The lowest BCUT2D eigenvalue weighted by Gasteiger charge is -2.38. The quantitative estimate of drug-likeness (QED) is 0.854. The molecule has 2 aliphatic rings. The molecule has 2 saturated heterocycles. The van der Waals surface area contributed by atoms with Gasteiger partial charge in [-0.25, -0.2) is 9.18 Å². The van der Waals surface area contributed by atoms with Crippen LogP contribution in [-0.4, -0.2) is 71.9 Å². The van der Waals surface area contributed by atoms with Crippen molar-refractivity contribution >= 4 is 29.2 Å². The summed E-state index contributed by atoms with van der Waals surface area (Å²) >= 11 is 5.73. The number of benzene rings is 1. The minimum Gasteiger partial charge on any atom is -0.339 e. The Morgan fingerprint density at radius 3 is 2.59 bits per heavy atom. The monoisotopic (exact) mass is 396 g/mol. The van der Waals surface area contributed by atoms with Crippen LogP contribution in [0.3, 0.4) is 0 Å². The van der Waals surface area contributed by atoms with Crippen molar-refractivity contribution in [3.05, 3.63) is 29.0 Å². The molecule has 0 aliphatic carbocycles. The molecule has 0 saturated carbocycles. The van der Waals surface area contributed by atoms with E-state index in [1.165, 1.54) is 24.6 Å². The summed E-state index contributed by atoms with van der Waals surface area (Å²) in [6.45, 7) is 5.61. The second-order valence-corrected chi connectivity index (χ2v) is 7.69. The zero-order chi connectivity index (χ0) is 19.4. The van der Waals surface area contributed by atoms with E-state index in [1.807, 2.05) is 4.90 Å². The van der Waals surface area contributed by atoms with Gasteiger partial charge in [-0.05, 0) is 44.4 Å². The lowest BCUT2D eigenvalue weighted by Crippen LogP contribution is -2.53. The topological polar surface area (TPSA) is 55.9 Å². The van der Waals surface area contributed by atoms with Crippen LogP contribution in [0.15, 0.2) is 18.2 Å². The molecule has 3 rings (SSSR count). The van der Waals surface area contributed by atoms with Gasteiger partial charge in [-0.15, -0.1) is 0 Å². The van der Waals surface area contributed by atoms with Gasteiger partial charge in [0.1, 0.15) is 5.82 Å². The third kappa shape index (κ3) is 5.11. The van der Waals surface area contributed by atoms with Gasteiger partial charge in [0.2, 0.25) is 5.91 Å². The van der Waals surface area contributed by atoms with Gasteiger partial charge >= 0.3 is 6.03 Å². The van der Waals surface area contributed by atoms with Crippen molar-refractivity contribution in [2.75, 3.05) is 44.6 Å². The predicted octanol–water partition coefficient (Wildman–Crippen LogP) is 3.03. The van der Waals surface area contributed by atoms with Crippen LogP contribution in [-0.2, 0) is 4.79 Å². The number of nitrogens with zero attached hydrogens (tertiary/aromatic N) is 3. The normalized spacial score (nSPS) is 21.2. The van der Waals surface area contributed by atoms with Crippen molar-refractivity contribution < 1.29 is 14.0 Å². The summed E-state index contributed by atoms with van der Waals surface area (Å²) in [5.41, 5.74) is 0.112. The van der Waals surface area contributed by atoms with Crippen molar-refractivity contribution in [1.29, 1.82) is 0 Å². The zero-order valence-corrected chi connectivity index (χ0v) is 16.3. The molecule has 8 heteroatoms. The summed E-state index contributed by atoms with van der Waals surface area (Å²) < 4.78 is 13.8. The van der Waals surface area contributed by atoms with E-state index < -0.39 is 5.82 Å². The standard InChI is InChI=1S/C19H26ClFN4O2/c1-14-4-2-3-7-25(14)18(26)13-23-8-10-24(11-9-23)19(27)22-17-6-5-15(20)12-16(17)21/h5-6,12,14H,2-4,7-11,13H2,1H3,(H,22,27). The maximum Gasteiger partial charge on any atom is 0.322 e. The molecular formula is C19H26ClFN4O2. The lowest BCUT2D eigenvalue weighted by atomic mass is 10.0. The Morgan fingerprint density at radius 2 is 1.93 bits per heavy atom. The number of carbonyl (C=O) groups excluding carboxylic acids is 2. The minimum absolute atomic E-state index is 0.112. The Bertz CT molecular complexity index is 694. The van der Waals surface area contributed by atoms with E-state index in [0.29, 0.717) is 38.8 Å². The van der Waals surface area contributed by atoms with Gasteiger partial charge in [0.05, 0.1) is 12.2 Å². The highest BCUT2D eigenvalue weighted by Crippen LogP contribution is 2.20. The third-order valence-electron chi connectivity index (χ3n) is 5.31. The number of likely N-dealkylation sites (tertiary alicyclic amines) is 1. The van der Waals surface area contributed by atoms with E-state index in [-0.39, 0.29) is 22.6 Å². The first-order chi connectivity index (χ1) is 12.9. The molecule has 6 nitrogen and oxygen atoms in total. The van der Waals surface area contributed by atoms with Gasteiger partial charge in [0.25, 0.3) is 0 Å². The molecule has 0 radical (unpaired) electrons. The van der Waals surface area contributed by atoms with Gasteiger partial charge in [0, 0.05) is 43.8 Å². The van der Waals surface area contributed by atoms with E-state index in [0.717, 1.165) is 19.4 Å². The molecule has 1 aromatic rings. The molecule has 0 spiro atoms. The second kappa shape index (κ2) is 8.89. The first kappa shape index (κ1) is 19.9. The van der Waals surface area contributed by atoms with Crippen LogP contribution in [0, 0.1) is 5.82 Å². The smallest absolute Gasteiger partial charge is 0.322 e. The highest BCUT2D eigenvalue weighted by atomic mass is 35.5. The van der Waals surface area contributed by atoms with Crippen LogP contribution in [0.4, 0.5) is 14.9 Å². The molecule has 2 fully saturated rings. The maximum atomic E-state index is 13.8. The lowest BCUT2D eigenvalue weighted by molar-refractivity contribution is -0.136. The van der Waals surface area contributed by atoms with Crippen LogP contribution in [0.5, 0.6) is 0 Å². The molecule has 0 aromatic heterocycles.